The van der Waals surface area contributed by atoms with Crippen LogP contribution in [-0.4, -0.2) is 19.3 Å². The van der Waals surface area contributed by atoms with Gasteiger partial charge in [-0.05, 0) is 12.3 Å². The smallest absolute Gasteiger partial charge is 0.133 e. The van der Waals surface area contributed by atoms with Gasteiger partial charge in [-0.3, -0.25) is 4.99 Å². The molecule has 2 rings (SSSR count). The van der Waals surface area contributed by atoms with Crippen LogP contribution in [0.2, 0.25) is 0 Å². The molecule has 0 bridgehead atoms. The van der Waals surface area contributed by atoms with Crippen molar-refractivity contribution in [2.45, 2.75) is 0 Å². The Morgan fingerprint density at radius 2 is 2.08 bits per heavy atom. The van der Waals surface area contributed by atoms with E-state index in [4.69, 9.17) is 10.5 Å². The van der Waals surface area contributed by atoms with Crippen LogP contribution in [0.5, 0.6) is 0 Å². The normalized spacial score (nSPS) is 40.2. The minimum Gasteiger partial charge on any atom is -0.389 e. The molecule has 2 unspecified atom stereocenters. The number of rotatable bonds is 0. The van der Waals surface area contributed by atoms with Gasteiger partial charge < -0.3 is 5.32 Å². The summed E-state index contributed by atoms with van der Waals surface area (Å²) in [6, 6.07) is 4.38. The third-order valence-corrected chi connectivity index (χ3v) is 2.71. The Bertz CT molecular complexity index is 356. The van der Waals surface area contributed by atoms with Gasteiger partial charge in [-0.15, -0.1) is 0 Å². The second-order valence-corrected chi connectivity index (χ2v) is 3.35. The summed E-state index contributed by atoms with van der Waals surface area (Å²) < 4.78 is 0. The van der Waals surface area contributed by atoms with Crippen molar-refractivity contribution < 1.29 is 0 Å². The first-order chi connectivity index (χ1) is 6.29. The summed E-state index contributed by atoms with van der Waals surface area (Å²) in [7, 11) is 0. The Morgan fingerprint density at radius 3 is 2.69 bits per heavy atom. The summed E-state index contributed by atoms with van der Waals surface area (Å²) >= 11 is 0. The Kier molecular flexibility index (Phi) is 1.41. The molecule has 0 aromatic heterocycles. The van der Waals surface area contributed by atoms with Gasteiger partial charge in [0.15, 0.2) is 0 Å². The Hall–Kier alpha value is -1.81. The predicted molar refractivity (Wildman–Crippen MR) is 46.6 cm³/mol. The van der Waals surface area contributed by atoms with Crippen LogP contribution in [0.1, 0.15) is 0 Å². The average molecular weight is 172 g/mol. The monoisotopic (exact) mass is 172 g/mol. The quantitative estimate of drug-likeness (QED) is 0.567. The second-order valence-electron chi connectivity index (χ2n) is 3.35. The minimum atomic E-state index is -0.767. The number of fused-ring (bicyclic) bond motifs is 1. The molecule has 0 spiro atoms. The molecule has 0 radical (unpaired) electrons. The van der Waals surface area contributed by atoms with E-state index < -0.39 is 10.8 Å². The number of nitrogens with one attached hydrogen (secondary N) is 1. The van der Waals surface area contributed by atoms with Gasteiger partial charge >= 0.3 is 0 Å². The summed E-state index contributed by atoms with van der Waals surface area (Å²) in [6.07, 6.45) is 5.08. The van der Waals surface area contributed by atoms with Crippen LogP contribution >= 0.6 is 0 Å². The maximum Gasteiger partial charge on any atom is 0.133 e. The SMILES string of the molecule is N#CC12C=CNCC1(C#N)C=NC2. The summed E-state index contributed by atoms with van der Waals surface area (Å²) in [5.74, 6) is 0. The van der Waals surface area contributed by atoms with Crippen LogP contribution in [-0.2, 0) is 0 Å². The molecular weight excluding hydrogens is 164 g/mol. The van der Waals surface area contributed by atoms with Crippen LogP contribution in [0.15, 0.2) is 17.3 Å². The molecule has 4 nitrogen and oxygen atoms in total. The number of nitrogens with zero attached hydrogens (tertiary/aromatic N) is 3. The summed E-state index contributed by atoms with van der Waals surface area (Å²) in [5.41, 5.74) is -1.51. The highest BCUT2D eigenvalue weighted by molar-refractivity contribution is 5.77. The first-order valence-electron chi connectivity index (χ1n) is 4.03. The third-order valence-electron chi connectivity index (χ3n) is 2.71. The second kappa shape index (κ2) is 2.34. The minimum absolute atomic E-state index is 0.398. The maximum absolute atomic E-state index is 9.09. The van der Waals surface area contributed by atoms with Crippen molar-refractivity contribution in [1.82, 2.24) is 5.32 Å². The fourth-order valence-electron chi connectivity index (χ4n) is 1.77. The van der Waals surface area contributed by atoms with E-state index in [-0.39, 0.29) is 0 Å². The molecule has 4 heteroatoms. The summed E-state index contributed by atoms with van der Waals surface area (Å²) in [4.78, 5) is 4.05. The van der Waals surface area contributed by atoms with E-state index >= 15 is 0 Å². The summed E-state index contributed by atoms with van der Waals surface area (Å²) in [6.45, 7) is 0.867. The molecule has 64 valence electrons. The average Bonchev–Trinajstić information content (AvgIpc) is 2.58. The molecule has 2 aliphatic heterocycles. The molecule has 0 aromatic rings. The molecule has 0 fully saturated rings. The first kappa shape index (κ1) is 7.82. The van der Waals surface area contributed by atoms with Crippen LogP contribution in [0.25, 0.3) is 0 Å². The summed E-state index contributed by atoms with van der Waals surface area (Å²) in [5, 5.41) is 21.1. The van der Waals surface area contributed by atoms with Gasteiger partial charge in [0.1, 0.15) is 10.8 Å². The van der Waals surface area contributed by atoms with E-state index in [2.05, 4.69) is 22.4 Å². The van der Waals surface area contributed by atoms with Crippen molar-refractivity contribution in [3.8, 4) is 12.1 Å². The maximum atomic E-state index is 9.09. The van der Waals surface area contributed by atoms with E-state index in [0.717, 1.165) is 0 Å². The molecule has 0 amide bonds. The zero-order valence-electron chi connectivity index (χ0n) is 6.99. The fourth-order valence-corrected chi connectivity index (χ4v) is 1.77. The van der Waals surface area contributed by atoms with E-state index in [9.17, 15) is 0 Å². The van der Waals surface area contributed by atoms with Crippen molar-refractivity contribution in [1.29, 1.82) is 10.5 Å². The van der Waals surface area contributed by atoms with Crippen LogP contribution < -0.4 is 5.32 Å². The highest BCUT2D eigenvalue weighted by Crippen LogP contribution is 2.44. The third kappa shape index (κ3) is 0.750. The van der Waals surface area contributed by atoms with E-state index in [1.807, 2.05) is 0 Å². The number of aliphatic imine (C=N–C) groups is 1. The van der Waals surface area contributed by atoms with Gasteiger partial charge in [0.05, 0.1) is 18.7 Å². The molecule has 2 heterocycles. The topological polar surface area (TPSA) is 72.0 Å². The molecule has 2 aliphatic rings. The highest BCUT2D eigenvalue weighted by atomic mass is 14.9. The van der Waals surface area contributed by atoms with Crippen LogP contribution in [0.4, 0.5) is 0 Å². The van der Waals surface area contributed by atoms with E-state index in [1.165, 1.54) is 0 Å². The Balaban J connectivity index is 2.56. The largest absolute Gasteiger partial charge is 0.389 e. The van der Waals surface area contributed by atoms with Crippen molar-refractivity contribution in [3.05, 3.63) is 12.3 Å². The number of hydrogen-bond acceptors (Lipinski definition) is 4. The standard InChI is InChI=1S/C9H8N4/c10-3-8-1-2-12-6-9(8,4-11)7-13-5-8/h1-2,7,12H,5-6H2. The molecule has 13 heavy (non-hydrogen) atoms. The van der Waals surface area contributed by atoms with Gasteiger partial charge in [0.25, 0.3) is 0 Å². The van der Waals surface area contributed by atoms with Crippen LogP contribution in [0.3, 0.4) is 0 Å². The Labute approximate surface area is 76.2 Å². The lowest BCUT2D eigenvalue weighted by Crippen LogP contribution is -2.47. The zero-order chi connectivity index (χ0) is 9.36. The molecule has 0 saturated heterocycles. The lowest BCUT2D eigenvalue weighted by atomic mass is 9.66. The van der Waals surface area contributed by atoms with Gasteiger partial charge in [-0.25, -0.2) is 0 Å². The Morgan fingerprint density at radius 1 is 1.31 bits per heavy atom. The van der Waals surface area contributed by atoms with Crippen molar-refractivity contribution in [3.63, 3.8) is 0 Å². The van der Waals surface area contributed by atoms with Crippen LogP contribution in [0, 0.1) is 33.5 Å². The van der Waals surface area contributed by atoms with Gasteiger partial charge in [-0.2, -0.15) is 10.5 Å². The molecule has 2 atom stereocenters. The number of nitriles is 2. The molecular formula is C9H8N4. The molecule has 0 aliphatic carbocycles. The zero-order valence-corrected chi connectivity index (χ0v) is 6.99. The molecule has 1 N–H and O–H groups in total. The lowest BCUT2D eigenvalue weighted by molar-refractivity contribution is 0.323. The first-order valence-corrected chi connectivity index (χ1v) is 4.03. The van der Waals surface area contributed by atoms with Gasteiger partial charge in [-0.1, -0.05) is 0 Å². The highest BCUT2D eigenvalue weighted by Gasteiger charge is 2.54. The van der Waals surface area contributed by atoms with E-state index in [0.29, 0.717) is 13.1 Å². The number of hydrogen-bond donors (Lipinski definition) is 1. The fraction of sp³-hybridized carbons (Fsp3) is 0.444. The lowest BCUT2D eigenvalue weighted by Gasteiger charge is -2.34. The predicted octanol–water partition coefficient (Wildman–Crippen LogP) is 0.208. The van der Waals surface area contributed by atoms with Crippen molar-refractivity contribution >= 4 is 6.21 Å². The van der Waals surface area contributed by atoms with Gasteiger partial charge in [0.2, 0.25) is 0 Å². The van der Waals surface area contributed by atoms with Crippen molar-refractivity contribution in [2.24, 2.45) is 15.8 Å². The van der Waals surface area contributed by atoms with Gasteiger partial charge in [0, 0.05) is 12.8 Å². The molecule has 0 saturated carbocycles. The van der Waals surface area contributed by atoms with Crippen molar-refractivity contribution in [2.75, 3.05) is 13.1 Å². The molecule has 0 aromatic carbocycles. The van der Waals surface area contributed by atoms with E-state index in [1.54, 1.807) is 18.5 Å².